The minimum Gasteiger partial charge on any atom is -0.490 e. The molecular weight excluding hydrogens is 286 g/mol. The van der Waals surface area contributed by atoms with Crippen LogP contribution in [0.2, 0.25) is 0 Å². The Balaban J connectivity index is 2.00. The van der Waals surface area contributed by atoms with Crippen molar-refractivity contribution in [1.29, 1.82) is 0 Å². The van der Waals surface area contributed by atoms with Gasteiger partial charge >= 0.3 is 0 Å². The zero-order valence-corrected chi connectivity index (χ0v) is 15.6. The number of hydrogen-bond donors (Lipinski definition) is 1. The largest absolute Gasteiger partial charge is 0.490 e. The van der Waals surface area contributed by atoms with Crippen molar-refractivity contribution in [3.8, 4) is 5.75 Å². The van der Waals surface area contributed by atoms with Crippen LogP contribution in [0.1, 0.15) is 58.1 Å². The van der Waals surface area contributed by atoms with Gasteiger partial charge in [0.1, 0.15) is 18.5 Å². The van der Waals surface area contributed by atoms with E-state index in [1.807, 2.05) is 32.0 Å². The summed E-state index contributed by atoms with van der Waals surface area (Å²) in [5, 5.41) is 10.5. The minimum atomic E-state index is -0.481. The first kappa shape index (κ1) is 18.3. The molecule has 1 atom stereocenters. The van der Waals surface area contributed by atoms with Crippen LogP contribution in [0, 0.1) is 13.8 Å². The number of para-hydroxylation sites is 1. The maximum absolute atomic E-state index is 10.5. The molecule has 0 saturated carbocycles. The highest BCUT2D eigenvalue weighted by Crippen LogP contribution is 2.38. The molecule has 1 aliphatic rings. The maximum atomic E-state index is 10.5. The Hall–Kier alpha value is -1.06. The summed E-state index contributed by atoms with van der Waals surface area (Å²) in [6.45, 7) is 14.2. The molecular formula is C20H33NO2. The van der Waals surface area contributed by atoms with E-state index in [4.69, 9.17) is 4.74 Å². The van der Waals surface area contributed by atoms with Gasteiger partial charge in [-0.1, -0.05) is 18.2 Å². The quantitative estimate of drug-likeness (QED) is 0.887. The van der Waals surface area contributed by atoms with Crippen molar-refractivity contribution in [3.63, 3.8) is 0 Å². The Morgan fingerprint density at radius 1 is 1.09 bits per heavy atom. The predicted molar refractivity (Wildman–Crippen MR) is 96.1 cm³/mol. The SMILES string of the molecule is Cc1cccc(C)c1OCC(O)CN1C(C)(C)CCCC1(C)C. The van der Waals surface area contributed by atoms with Gasteiger partial charge in [-0.3, -0.25) is 4.90 Å². The summed E-state index contributed by atoms with van der Waals surface area (Å²) in [5.41, 5.74) is 2.49. The molecule has 0 aliphatic carbocycles. The molecule has 1 aromatic carbocycles. The van der Waals surface area contributed by atoms with Crippen LogP contribution < -0.4 is 4.74 Å². The van der Waals surface area contributed by atoms with Crippen LogP contribution in [0.25, 0.3) is 0 Å². The standard InChI is InChI=1S/C20H33NO2/c1-15-9-7-10-16(2)18(15)23-14-17(22)13-21-19(3,4)11-8-12-20(21,5)6/h7,9-10,17,22H,8,11-14H2,1-6H3. The van der Waals surface area contributed by atoms with E-state index in [-0.39, 0.29) is 11.1 Å². The summed E-state index contributed by atoms with van der Waals surface area (Å²) in [6, 6.07) is 6.13. The van der Waals surface area contributed by atoms with Crippen LogP contribution in [-0.4, -0.2) is 40.3 Å². The third-order valence-corrected chi connectivity index (χ3v) is 5.26. The van der Waals surface area contributed by atoms with Gasteiger partial charge in [-0.15, -0.1) is 0 Å². The highest BCUT2D eigenvalue weighted by molar-refractivity contribution is 5.39. The van der Waals surface area contributed by atoms with Gasteiger partial charge in [-0.25, -0.2) is 0 Å². The van der Waals surface area contributed by atoms with Crippen LogP contribution in [0.3, 0.4) is 0 Å². The fourth-order valence-corrected chi connectivity index (χ4v) is 4.01. The van der Waals surface area contributed by atoms with Crippen molar-refractivity contribution >= 4 is 0 Å². The third-order valence-electron chi connectivity index (χ3n) is 5.26. The second-order valence-electron chi connectivity index (χ2n) is 8.27. The summed E-state index contributed by atoms with van der Waals surface area (Å²) < 4.78 is 5.93. The fraction of sp³-hybridized carbons (Fsp3) is 0.700. The first-order valence-corrected chi connectivity index (χ1v) is 8.78. The molecule has 1 saturated heterocycles. The van der Waals surface area contributed by atoms with E-state index in [1.165, 1.54) is 19.3 Å². The second-order valence-corrected chi connectivity index (χ2v) is 8.27. The molecule has 0 bridgehead atoms. The van der Waals surface area contributed by atoms with Crippen molar-refractivity contribution in [2.24, 2.45) is 0 Å². The monoisotopic (exact) mass is 319 g/mol. The molecule has 1 unspecified atom stereocenters. The Kier molecular flexibility index (Phi) is 5.42. The molecule has 3 nitrogen and oxygen atoms in total. The summed E-state index contributed by atoms with van der Waals surface area (Å²) >= 11 is 0. The van der Waals surface area contributed by atoms with Gasteiger partial charge in [0.05, 0.1) is 0 Å². The normalized spacial score (nSPS) is 21.9. The number of ether oxygens (including phenoxy) is 1. The number of aryl methyl sites for hydroxylation is 2. The number of hydrogen-bond acceptors (Lipinski definition) is 3. The predicted octanol–water partition coefficient (Wildman–Crippen LogP) is 4.09. The first-order chi connectivity index (χ1) is 10.6. The van der Waals surface area contributed by atoms with Gasteiger partial charge in [-0.2, -0.15) is 0 Å². The van der Waals surface area contributed by atoms with Crippen LogP contribution in [0.5, 0.6) is 5.75 Å². The van der Waals surface area contributed by atoms with E-state index in [9.17, 15) is 5.11 Å². The molecule has 1 aliphatic heterocycles. The lowest BCUT2D eigenvalue weighted by Gasteiger charge is -2.53. The molecule has 3 heteroatoms. The van der Waals surface area contributed by atoms with Gasteiger partial charge < -0.3 is 9.84 Å². The zero-order valence-electron chi connectivity index (χ0n) is 15.6. The van der Waals surface area contributed by atoms with E-state index in [2.05, 4.69) is 32.6 Å². The summed E-state index contributed by atoms with van der Waals surface area (Å²) in [4.78, 5) is 2.46. The number of piperidine rings is 1. The van der Waals surface area contributed by atoms with Crippen molar-refractivity contribution in [2.75, 3.05) is 13.2 Å². The van der Waals surface area contributed by atoms with Crippen LogP contribution in [-0.2, 0) is 0 Å². The number of benzene rings is 1. The molecule has 130 valence electrons. The molecule has 1 heterocycles. The van der Waals surface area contributed by atoms with Crippen molar-refractivity contribution in [2.45, 2.75) is 78.0 Å². The lowest BCUT2D eigenvalue weighted by Crippen LogP contribution is -2.60. The third kappa shape index (κ3) is 4.27. The summed E-state index contributed by atoms with van der Waals surface area (Å²) in [6.07, 6.45) is 3.14. The van der Waals surface area contributed by atoms with Gasteiger partial charge in [0.2, 0.25) is 0 Å². The average molecular weight is 319 g/mol. The lowest BCUT2D eigenvalue weighted by molar-refractivity contribution is -0.0607. The van der Waals surface area contributed by atoms with Crippen LogP contribution >= 0.6 is 0 Å². The zero-order chi connectivity index (χ0) is 17.3. The maximum Gasteiger partial charge on any atom is 0.125 e. The molecule has 0 aromatic heterocycles. The molecule has 1 N–H and O–H groups in total. The molecule has 1 aromatic rings. The van der Waals surface area contributed by atoms with Crippen LogP contribution in [0.4, 0.5) is 0 Å². The van der Waals surface area contributed by atoms with Crippen molar-refractivity contribution < 1.29 is 9.84 Å². The Labute approximate surface area is 141 Å². The highest BCUT2D eigenvalue weighted by Gasteiger charge is 2.41. The molecule has 0 amide bonds. The van der Waals surface area contributed by atoms with Crippen molar-refractivity contribution in [1.82, 2.24) is 4.90 Å². The van der Waals surface area contributed by atoms with E-state index in [0.29, 0.717) is 13.2 Å². The molecule has 2 rings (SSSR count). The number of likely N-dealkylation sites (tertiary alicyclic amines) is 1. The smallest absolute Gasteiger partial charge is 0.125 e. The van der Waals surface area contributed by atoms with E-state index >= 15 is 0 Å². The number of nitrogens with zero attached hydrogens (tertiary/aromatic N) is 1. The highest BCUT2D eigenvalue weighted by atomic mass is 16.5. The minimum absolute atomic E-state index is 0.126. The Morgan fingerprint density at radius 2 is 1.61 bits per heavy atom. The van der Waals surface area contributed by atoms with Gasteiger partial charge in [-0.05, 0) is 71.9 Å². The topological polar surface area (TPSA) is 32.7 Å². The summed E-state index contributed by atoms with van der Waals surface area (Å²) in [5.74, 6) is 0.906. The number of rotatable bonds is 5. The van der Waals surface area contributed by atoms with Crippen LogP contribution in [0.15, 0.2) is 18.2 Å². The van der Waals surface area contributed by atoms with E-state index in [1.54, 1.807) is 0 Å². The number of aliphatic hydroxyl groups is 1. The van der Waals surface area contributed by atoms with Crippen molar-refractivity contribution in [3.05, 3.63) is 29.3 Å². The van der Waals surface area contributed by atoms with Gasteiger partial charge in [0.25, 0.3) is 0 Å². The van der Waals surface area contributed by atoms with E-state index < -0.39 is 6.10 Å². The first-order valence-electron chi connectivity index (χ1n) is 8.78. The summed E-state index contributed by atoms with van der Waals surface area (Å²) in [7, 11) is 0. The van der Waals surface area contributed by atoms with Gasteiger partial charge in [0.15, 0.2) is 0 Å². The Morgan fingerprint density at radius 3 is 2.13 bits per heavy atom. The molecule has 1 fully saturated rings. The molecule has 0 radical (unpaired) electrons. The van der Waals surface area contributed by atoms with Gasteiger partial charge in [0, 0.05) is 17.6 Å². The second kappa shape index (κ2) is 6.82. The van der Waals surface area contributed by atoms with E-state index in [0.717, 1.165) is 16.9 Å². The average Bonchev–Trinajstić information content (AvgIpc) is 2.42. The fourth-order valence-electron chi connectivity index (χ4n) is 4.01. The lowest BCUT2D eigenvalue weighted by atomic mass is 9.79. The Bertz CT molecular complexity index is 500. The molecule has 23 heavy (non-hydrogen) atoms. The number of β-amino-alcohol motifs (C(OH)–C–C–N with tert-alkyl or cyclic N) is 1. The molecule has 0 spiro atoms. The number of aliphatic hydroxyl groups excluding tert-OH is 1.